The van der Waals surface area contributed by atoms with E-state index in [1.54, 1.807) is 0 Å². The Hall–Kier alpha value is -2.43. The maximum absolute atomic E-state index is 13.2. The number of amides is 1. The molecular weight excluding hydrogens is 364 g/mol. The third-order valence-electron chi connectivity index (χ3n) is 6.46. The van der Waals surface area contributed by atoms with Gasteiger partial charge in [-0.25, -0.2) is 4.79 Å². The van der Waals surface area contributed by atoms with Crippen LogP contribution in [0.25, 0.3) is 10.9 Å². The molecule has 1 aliphatic heterocycles. The summed E-state index contributed by atoms with van der Waals surface area (Å²) in [6.07, 6.45) is 6.96. The maximum atomic E-state index is 13.2. The van der Waals surface area contributed by atoms with E-state index in [1.807, 2.05) is 29.2 Å². The van der Waals surface area contributed by atoms with Crippen LogP contribution in [-0.2, 0) is 22.4 Å². The first kappa shape index (κ1) is 19.9. The molecule has 2 atom stereocenters. The standard InChI is InChI=1S/C24H30N2O3/c1-3-17-8-6-7-13-26(17)22(27)15-29-24(28)23-18-9-4-5-10-20(18)25-21-12-11-16(2)14-19(21)23/h4-5,9-10,16-17H,3,6-8,11-15H2,1-2H3/t16-,17-/m0/s1. The Balaban J connectivity index is 1.58. The van der Waals surface area contributed by atoms with Gasteiger partial charge in [0, 0.05) is 23.7 Å². The van der Waals surface area contributed by atoms with E-state index in [-0.39, 0.29) is 18.6 Å². The van der Waals surface area contributed by atoms with Gasteiger partial charge in [0.05, 0.1) is 11.1 Å². The molecule has 1 aliphatic carbocycles. The highest BCUT2D eigenvalue weighted by Crippen LogP contribution is 2.32. The Morgan fingerprint density at radius 1 is 1.21 bits per heavy atom. The SMILES string of the molecule is CC[C@H]1CCCCN1C(=O)COC(=O)c1c2c(nc3ccccc13)CC[C@H](C)C2. The number of benzene rings is 1. The van der Waals surface area contributed by atoms with E-state index in [4.69, 9.17) is 9.72 Å². The van der Waals surface area contributed by atoms with Crippen molar-refractivity contribution >= 4 is 22.8 Å². The van der Waals surface area contributed by atoms with Crippen LogP contribution in [0.1, 0.15) is 67.6 Å². The maximum Gasteiger partial charge on any atom is 0.339 e. The molecule has 29 heavy (non-hydrogen) atoms. The minimum atomic E-state index is -0.396. The molecule has 0 radical (unpaired) electrons. The van der Waals surface area contributed by atoms with Crippen molar-refractivity contribution in [2.24, 2.45) is 5.92 Å². The topological polar surface area (TPSA) is 59.5 Å². The Kier molecular flexibility index (Phi) is 5.84. The first-order chi connectivity index (χ1) is 14.1. The highest BCUT2D eigenvalue weighted by Gasteiger charge is 2.29. The lowest BCUT2D eigenvalue weighted by atomic mass is 9.84. The fraction of sp³-hybridized carbons (Fsp3) is 0.542. The molecule has 0 unspecified atom stereocenters. The predicted octanol–water partition coefficient (Wildman–Crippen LogP) is 4.31. The van der Waals surface area contributed by atoms with Crippen molar-refractivity contribution in [1.29, 1.82) is 0 Å². The van der Waals surface area contributed by atoms with Gasteiger partial charge in [0.25, 0.3) is 5.91 Å². The van der Waals surface area contributed by atoms with Crippen molar-refractivity contribution < 1.29 is 14.3 Å². The van der Waals surface area contributed by atoms with Gasteiger partial charge < -0.3 is 9.64 Å². The van der Waals surface area contributed by atoms with Crippen molar-refractivity contribution in [3.8, 4) is 0 Å². The number of fused-ring (bicyclic) bond motifs is 2. The van der Waals surface area contributed by atoms with Crippen LogP contribution in [0.3, 0.4) is 0 Å². The number of aryl methyl sites for hydroxylation is 1. The molecule has 0 bridgehead atoms. The van der Waals surface area contributed by atoms with Crippen LogP contribution < -0.4 is 0 Å². The van der Waals surface area contributed by atoms with Gasteiger partial charge >= 0.3 is 5.97 Å². The number of esters is 1. The Morgan fingerprint density at radius 2 is 2.03 bits per heavy atom. The molecule has 4 rings (SSSR count). The quantitative estimate of drug-likeness (QED) is 0.725. The fourth-order valence-corrected chi connectivity index (χ4v) is 4.83. The van der Waals surface area contributed by atoms with Crippen molar-refractivity contribution in [2.75, 3.05) is 13.2 Å². The summed E-state index contributed by atoms with van der Waals surface area (Å²) in [4.78, 5) is 32.6. The van der Waals surface area contributed by atoms with Gasteiger partial charge in [-0.15, -0.1) is 0 Å². The molecule has 0 N–H and O–H groups in total. The number of ether oxygens (including phenoxy) is 1. The molecule has 1 fully saturated rings. The Bertz CT molecular complexity index is 924. The summed E-state index contributed by atoms with van der Waals surface area (Å²) in [7, 11) is 0. The highest BCUT2D eigenvalue weighted by molar-refractivity contribution is 6.05. The summed E-state index contributed by atoms with van der Waals surface area (Å²) in [5.41, 5.74) is 3.43. The van der Waals surface area contributed by atoms with Gasteiger partial charge in [-0.3, -0.25) is 9.78 Å². The summed E-state index contributed by atoms with van der Waals surface area (Å²) < 4.78 is 5.59. The van der Waals surface area contributed by atoms with E-state index < -0.39 is 5.97 Å². The number of nitrogens with zero attached hydrogens (tertiary/aromatic N) is 2. The molecule has 2 aromatic rings. The molecule has 5 nitrogen and oxygen atoms in total. The number of aromatic nitrogens is 1. The smallest absolute Gasteiger partial charge is 0.339 e. The zero-order valence-electron chi connectivity index (χ0n) is 17.4. The number of hydrogen-bond acceptors (Lipinski definition) is 4. The minimum Gasteiger partial charge on any atom is -0.452 e. The normalized spacial score (nSPS) is 21.7. The van der Waals surface area contributed by atoms with Crippen LogP contribution in [0.4, 0.5) is 0 Å². The second-order valence-corrected chi connectivity index (χ2v) is 8.50. The average Bonchev–Trinajstić information content (AvgIpc) is 2.75. The summed E-state index contributed by atoms with van der Waals surface area (Å²) >= 11 is 0. The minimum absolute atomic E-state index is 0.0782. The molecule has 0 spiro atoms. The summed E-state index contributed by atoms with van der Waals surface area (Å²) in [6, 6.07) is 8.00. The van der Waals surface area contributed by atoms with Gasteiger partial charge in [-0.1, -0.05) is 32.0 Å². The number of carbonyl (C=O) groups excluding carboxylic acids is 2. The van der Waals surface area contributed by atoms with E-state index in [2.05, 4.69) is 13.8 Å². The van der Waals surface area contributed by atoms with Crippen LogP contribution in [0, 0.1) is 5.92 Å². The van der Waals surface area contributed by atoms with E-state index >= 15 is 0 Å². The monoisotopic (exact) mass is 394 g/mol. The second-order valence-electron chi connectivity index (χ2n) is 8.50. The molecule has 154 valence electrons. The number of piperidine rings is 1. The third-order valence-corrected chi connectivity index (χ3v) is 6.46. The molecule has 0 saturated carbocycles. The molecular formula is C24H30N2O3. The van der Waals surface area contributed by atoms with E-state index in [0.29, 0.717) is 11.5 Å². The Labute approximate surface area is 172 Å². The lowest BCUT2D eigenvalue weighted by molar-refractivity contribution is -0.138. The van der Waals surface area contributed by atoms with Crippen LogP contribution >= 0.6 is 0 Å². The van der Waals surface area contributed by atoms with Crippen LogP contribution in [0.2, 0.25) is 0 Å². The van der Waals surface area contributed by atoms with Crippen molar-refractivity contribution in [1.82, 2.24) is 9.88 Å². The molecule has 1 amide bonds. The third kappa shape index (κ3) is 4.00. The number of para-hydroxylation sites is 1. The molecule has 1 saturated heterocycles. The predicted molar refractivity (Wildman–Crippen MR) is 113 cm³/mol. The van der Waals surface area contributed by atoms with Gasteiger partial charge in [-0.2, -0.15) is 0 Å². The zero-order chi connectivity index (χ0) is 20.4. The van der Waals surface area contributed by atoms with Crippen molar-refractivity contribution in [3.05, 3.63) is 41.1 Å². The first-order valence-electron chi connectivity index (χ1n) is 11.0. The lowest BCUT2D eigenvalue weighted by Crippen LogP contribution is -2.45. The highest BCUT2D eigenvalue weighted by atomic mass is 16.5. The van der Waals surface area contributed by atoms with Crippen molar-refractivity contribution in [3.63, 3.8) is 0 Å². The van der Waals surface area contributed by atoms with E-state index in [9.17, 15) is 9.59 Å². The molecule has 5 heteroatoms. The molecule has 2 aliphatic rings. The molecule has 2 heterocycles. The van der Waals surface area contributed by atoms with Gasteiger partial charge in [0.1, 0.15) is 0 Å². The number of rotatable bonds is 4. The molecule has 1 aromatic carbocycles. The largest absolute Gasteiger partial charge is 0.452 e. The number of likely N-dealkylation sites (tertiary alicyclic amines) is 1. The van der Waals surface area contributed by atoms with Gasteiger partial charge in [-0.05, 0) is 62.5 Å². The van der Waals surface area contributed by atoms with E-state index in [0.717, 1.165) is 73.7 Å². The fourth-order valence-electron chi connectivity index (χ4n) is 4.83. The number of carbonyl (C=O) groups is 2. The van der Waals surface area contributed by atoms with Crippen LogP contribution in [0.5, 0.6) is 0 Å². The van der Waals surface area contributed by atoms with Crippen molar-refractivity contribution in [2.45, 2.75) is 64.8 Å². The number of hydrogen-bond donors (Lipinski definition) is 0. The second kappa shape index (κ2) is 8.52. The molecule has 1 aromatic heterocycles. The number of pyridine rings is 1. The van der Waals surface area contributed by atoms with Gasteiger partial charge in [0.2, 0.25) is 0 Å². The zero-order valence-corrected chi connectivity index (χ0v) is 17.4. The summed E-state index contributed by atoms with van der Waals surface area (Å²) in [6.45, 7) is 4.90. The summed E-state index contributed by atoms with van der Waals surface area (Å²) in [5.74, 6) is 0.0372. The average molecular weight is 395 g/mol. The Morgan fingerprint density at radius 3 is 2.86 bits per heavy atom. The summed E-state index contributed by atoms with van der Waals surface area (Å²) in [5, 5.41) is 0.821. The first-order valence-corrected chi connectivity index (χ1v) is 11.0. The van der Waals surface area contributed by atoms with E-state index in [1.165, 1.54) is 0 Å². The lowest BCUT2D eigenvalue weighted by Gasteiger charge is -2.35. The van der Waals surface area contributed by atoms with Crippen LogP contribution in [-0.4, -0.2) is 41.0 Å². The van der Waals surface area contributed by atoms with Gasteiger partial charge in [0.15, 0.2) is 6.61 Å². The van der Waals surface area contributed by atoms with Crippen LogP contribution in [0.15, 0.2) is 24.3 Å².